The first kappa shape index (κ1) is 10.1. The van der Waals surface area contributed by atoms with E-state index in [0.717, 1.165) is 17.0 Å². The summed E-state index contributed by atoms with van der Waals surface area (Å²) in [6.45, 7) is 2.02. The Morgan fingerprint density at radius 3 is 2.81 bits per heavy atom. The molecule has 1 aliphatic rings. The van der Waals surface area contributed by atoms with E-state index < -0.39 is 0 Å². The number of hydrogen-bond acceptors (Lipinski definition) is 2. The Bertz CT molecular complexity index is 526. The highest BCUT2D eigenvalue weighted by Gasteiger charge is 2.21. The molecule has 16 heavy (non-hydrogen) atoms. The highest BCUT2D eigenvalue weighted by molar-refractivity contribution is 6.29. The molecule has 0 radical (unpaired) electrons. The number of aryl methyl sites for hydroxylation is 1. The fourth-order valence-electron chi connectivity index (χ4n) is 2.44. The molecule has 1 saturated carbocycles. The molecule has 0 amide bonds. The molecule has 0 spiro atoms. The molecule has 2 heterocycles. The number of pyridine rings is 1. The van der Waals surface area contributed by atoms with Crippen LogP contribution in [0.15, 0.2) is 12.1 Å². The van der Waals surface area contributed by atoms with Crippen LogP contribution in [0, 0.1) is 6.92 Å². The maximum Gasteiger partial charge on any atom is 0.157 e. The number of hydrogen-bond donors (Lipinski definition) is 0. The van der Waals surface area contributed by atoms with E-state index in [-0.39, 0.29) is 0 Å². The van der Waals surface area contributed by atoms with E-state index in [4.69, 9.17) is 11.6 Å². The summed E-state index contributed by atoms with van der Waals surface area (Å²) in [5, 5.41) is 5.15. The van der Waals surface area contributed by atoms with Gasteiger partial charge < -0.3 is 0 Å². The molecule has 0 bridgehead atoms. The molecule has 84 valence electrons. The predicted octanol–water partition coefficient (Wildman–Crippen LogP) is 3.35. The van der Waals surface area contributed by atoms with E-state index >= 15 is 0 Å². The summed E-state index contributed by atoms with van der Waals surface area (Å²) in [5.74, 6) is 1.50. The second-order valence-corrected chi connectivity index (χ2v) is 4.96. The van der Waals surface area contributed by atoms with Crippen molar-refractivity contribution >= 4 is 17.2 Å². The van der Waals surface area contributed by atoms with Gasteiger partial charge in [0.2, 0.25) is 0 Å². The molecule has 2 aromatic heterocycles. The Hall–Kier alpha value is -1.09. The molecule has 0 aliphatic heterocycles. The fourth-order valence-corrected chi connectivity index (χ4v) is 2.74. The minimum atomic E-state index is 0.538. The summed E-state index contributed by atoms with van der Waals surface area (Å²) >= 11 is 6.14. The maximum absolute atomic E-state index is 6.14. The minimum Gasteiger partial charge on any atom is -0.212 e. The molecule has 2 aromatic rings. The Kier molecular flexibility index (Phi) is 2.36. The summed E-state index contributed by atoms with van der Waals surface area (Å²) in [5.41, 5.74) is 2.00. The normalized spacial score (nSPS) is 17.4. The third-order valence-corrected chi connectivity index (χ3v) is 3.54. The van der Waals surface area contributed by atoms with Crippen molar-refractivity contribution in [3.05, 3.63) is 28.7 Å². The lowest BCUT2D eigenvalue weighted by Crippen LogP contribution is -1.96. The van der Waals surface area contributed by atoms with Crippen LogP contribution in [0.2, 0.25) is 5.15 Å². The Morgan fingerprint density at radius 1 is 1.31 bits per heavy atom. The van der Waals surface area contributed by atoms with Crippen LogP contribution < -0.4 is 0 Å². The van der Waals surface area contributed by atoms with Gasteiger partial charge in [-0.25, -0.2) is 9.50 Å². The van der Waals surface area contributed by atoms with Crippen molar-refractivity contribution in [3.63, 3.8) is 0 Å². The largest absolute Gasteiger partial charge is 0.212 e. The molecular weight excluding hydrogens is 222 g/mol. The molecule has 3 rings (SSSR count). The standard InChI is InChI=1S/C12H14ClN3/c1-8-6-10(13)16-11(7-8)14-12(15-16)9-4-2-3-5-9/h6-7,9H,2-5H2,1H3. The quantitative estimate of drug-likeness (QED) is 0.710. The van der Waals surface area contributed by atoms with Gasteiger partial charge in [0.05, 0.1) is 0 Å². The Labute approximate surface area is 99.4 Å². The van der Waals surface area contributed by atoms with Crippen molar-refractivity contribution in [2.75, 3.05) is 0 Å². The van der Waals surface area contributed by atoms with Crippen LogP contribution in [0.4, 0.5) is 0 Å². The zero-order chi connectivity index (χ0) is 11.1. The van der Waals surface area contributed by atoms with E-state index in [1.807, 2.05) is 19.1 Å². The van der Waals surface area contributed by atoms with Crippen LogP contribution in [-0.2, 0) is 0 Å². The summed E-state index contributed by atoms with van der Waals surface area (Å²) in [4.78, 5) is 4.58. The lowest BCUT2D eigenvalue weighted by Gasteiger charge is -2.00. The van der Waals surface area contributed by atoms with Gasteiger partial charge >= 0.3 is 0 Å². The van der Waals surface area contributed by atoms with E-state index in [1.54, 1.807) is 4.52 Å². The maximum atomic E-state index is 6.14. The molecule has 0 saturated heterocycles. The summed E-state index contributed by atoms with van der Waals surface area (Å²) in [6.07, 6.45) is 5.03. The lowest BCUT2D eigenvalue weighted by atomic mass is 10.1. The fraction of sp³-hybridized carbons (Fsp3) is 0.500. The molecule has 1 aliphatic carbocycles. The minimum absolute atomic E-state index is 0.538. The molecule has 4 heteroatoms. The van der Waals surface area contributed by atoms with Crippen LogP contribution in [0.25, 0.3) is 5.65 Å². The van der Waals surface area contributed by atoms with Gasteiger partial charge in [-0.3, -0.25) is 0 Å². The number of aromatic nitrogens is 3. The smallest absolute Gasteiger partial charge is 0.157 e. The molecule has 0 unspecified atom stereocenters. The van der Waals surface area contributed by atoms with Crippen molar-refractivity contribution in [2.24, 2.45) is 0 Å². The van der Waals surface area contributed by atoms with Crippen LogP contribution >= 0.6 is 11.6 Å². The molecular formula is C12H14ClN3. The highest BCUT2D eigenvalue weighted by atomic mass is 35.5. The third-order valence-electron chi connectivity index (χ3n) is 3.27. The highest BCUT2D eigenvalue weighted by Crippen LogP contribution is 2.32. The van der Waals surface area contributed by atoms with Crippen molar-refractivity contribution in [2.45, 2.75) is 38.5 Å². The van der Waals surface area contributed by atoms with Gasteiger partial charge in [-0.05, 0) is 37.5 Å². The number of fused-ring (bicyclic) bond motifs is 1. The first-order chi connectivity index (χ1) is 7.74. The van der Waals surface area contributed by atoms with Gasteiger partial charge in [-0.15, -0.1) is 5.10 Å². The van der Waals surface area contributed by atoms with E-state index in [0.29, 0.717) is 11.1 Å². The molecule has 0 aromatic carbocycles. The summed E-state index contributed by atoms with van der Waals surface area (Å²) < 4.78 is 1.74. The number of halogens is 1. The molecule has 1 fully saturated rings. The van der Waals surface area contributed by atoms with Crippen LogP contribution in [-0.4, -0.2) is 14.6 Å². The topological polar surface area (TPSA) is 30.2 Å². The summed E-state index contributed by atoms with van der Waals surface area (Å²) in [7, 11) is 0. The Morgan fingerprint density at radius 2 is 2.06 bits per heavy atom. The van der Waals surface area contributed by atoms with E-state index in [1.165, 1.54) is 25.7 Å². The monoisotopic (exact) mass is 235 g/mol. The van der Waals surface area contributed by atoms with Crippen LogP contribution in [0.3, 0.4) is 0 Å². The zero-order valence-electron chi connectivity index (χ0n) is 9.28. The first-order valence-corrected chi connectivity index (χ1v) is 6.14. The SMILES string of the molecule is Cc1cc(Cl)n2nc(C3CCCC3)nc2c1. The average molecular weight is 236 g/mol. The second-order valence-electron chi connectivity index (χ2n) is 4.58. The lowest BCUT2D eigenvalue weighted by molar-refractivity contribution is 0.666. The van der Waals surface area contributed by atoms with Gasteiger partial charge in [0.25, 0.3) is 0 Å². The molecule has 3 nitrogen and oxygen atoms in total. The molecule has 0 atom stereocenters. The van der Waals surface area contributed by atoms with E-state index in [9.17, 15) is 0 Å². The van der Waals surface area contributed by atoms with Gasteiger partial charge in [-0.1, -0.05) is 24.4 Å². The van der Waals surface area contributed by atoms with Crippen LogP contribution in [0.1, 0.15) is 43.0 Å². The van der Waals surface area contributed by atoms with Crippen molar-refractivity contribution < 1.29 is 0 Å². The van der Waals surface area contributed by atoms with Gasteiger partial charge in [0.15, 0.2) is 11.5 Å². The number of nitrogens with zero attached hydrogens (tertiary/aromatic N) is 3. The Balaban J connectivity index is 2.11. The second kappa shape index (κ2) is 3.74. The van der Waals surface area contributed by atoms with Crippen molar-refractivity contribution in [3.8, 4) is 0 Å². The summed E-state index contributed by atoms with van der Waals surface area (Å²) in [6, 6.07) is 3.94. The van der Waals surface area contributed by atoms with Gasteiger partial charge in [0, 0.05) is 5.92 Å². The first-order valence-electron chi connectivity index (χ1n) is 5.77. The van der Waals surface area contributed by atoms with Crippen molar-refractivity contribution in [1.29, 1.82) is 0 Å². The molecule has 0 N–H and O–H groups in total. The van der Waals surface area contributed by atoms with Gasteiger partial charge in [0.1, 0.15) is 5.15 Å². The van der Waals surface area contributed by atoms with Gasteiger partial charge in [-0.2, -0.15) is 0 Å². The average Bonchev–Trinajstić information content (AvgIpc) is 2.82. The third kappa shape index (κ3) is 1.59. The van der Waals surface area contributed by atoms with E-state index in [2.05, 4.69) is 10.1 Å². The van der Waals surface area contributed by atoms with Crippen LogP contribution in [0.5, 0.6) is 0 Å². The van der Waals surface area contributed by atoms with Crippen molar-refractivity contribution in [1.82, 2.24) is 14.6 Å². The zero-order valence-corrected chi connectivity index (χ0v) is 10.0. The predicted molar refractivity (Wildman–Crippen MR) is 63.9 cm³/mol. The number of rotatable bonds is 1.